The predicted molar refractivity (Wildman–Crippen MR) is 79.5 cm³/mol. The number of aryl methyl sites for hydroxylation is 1. The Bertz CT molecular complexity index is 538. The topological polar surface area (TPSA) is 58.6 Å². The van der Waals surface area contributed by atoms with Crippen LogP contribution in [0.1, 0.15) is 31.4 Å². The number of rotatable bonds is 4. The van der Waals surface area contributed by atoms with Gasteiger partial charge >= 0.3 is 0 Å². The molecule has 0 aliphatic carbocycles. The van der Waals surface area contributed by atoms with E-state index in [0.717, 1.165) is 11.1 Å². The van der Waals surface area contributed by atoms with E-state index in [9.17, 15) is 4.79 Å². The molecule has 0 spiro atoms. The minimum atomic E-state index is -0.493. The maximum atomic E-state index is 12.0. The Kier molecular flexibility index (Phi) is 5.75. The highest BCUT2D eigenvalue weighted by molar-refractivity contribution is 5.91. The molecule has 0 aliphatic rings. The molecule has 0 bridgehead atoms. The van der Waals surface area contributed by atoms with E-state index in [1.807, 2.05) is 32.9 Å². The summed E-state index contributed by atoms with van der Waals surface area (Å²) in [5.41, 5.74) is 1.97. The summed E-state index contributed by atoms with van der Waals surface area (Å²) in [5, 5.41) is 11.5. The number of carbonyl (C=O) groups excluding carboxylic acids is 1. The minimum Gasteiger partial charge on any atom is -0.384 e. The van der Waals surface area contributed by atoms with Gasteiger partial charge in [0.1, 0.15) is 6.61 Å². The van der Waals surface area contributed by atoms with Crippen molar-refractivity contribution in [2.24, 2.45) is 0 Å². The van der Waals surface area contributed by atoms with Crippen molar-refractivity contribution in [3.05, 3.63) is 29.3 Å². The third-order valence-corrected chi connectivity index (χ3v) is 2.81. The fraction of sp³-hybridized carbons (Fsp3) is 0.438. The lowest BCUT2D eigenvalue weighted by atomic mass is 10.0. The number of carbonyl (C=O) groups is 1. The first-order valence-corrected chi connectivity index (χ1v) is 6.43. The molecule has 20 heavy (non-hydrogen) atoms. The molecule has 0 fully saturated rings. The normalized spacial score (nSPS) is 10.7. The molecule has 0 unspecified atom stereocenters. The first kappa shape index (κ1) is 16.2. The van der Waals surface area contributed by atoms with Gasteiger partial charge in [0.05, 0.1) is 12.0 Å². The Morgan fingerprint density at radius 2 is 2.10 bits per heavy atom. The molecule has 4 nitrogen and oxygen atoms in total. The number of benzene rings is 1. The largest absolute Gasteiger partial charge is 0.384 e. The monoisotopic (exact) mass is 275 g/mol. The summed E-state index contributed by atoms with van der Waals surface area (Å²) in [6, 6.07) is 5.56. The fourth-order valence-electron chi connectivity index (χ4n) is 1.73. The predicted octanol–water partition coefficient (Wildman–Crippen LogP) is 2.09. The third-order valence-electron chi connectivity index (χ3n) is 2.81. The molecular weight excluding hydrogens is 254 g/mol. The van der Waals surface area contributed by atoms with Crippen molar-refractivity contribution in [3.8, 4) is 11.8 Å². The van der Waals surface area contributed by atoms with E-state index >= 15 is 0 Å². The molecule has 0 heterocycles. The van der Waals surface area contributed by atoms with Gasteiger partial charge in [-0.3, -0.25) is 4.79 Å². The van der Waals surface area contributed by atoms with E-state index in [0.29, 0.717) is 5.69 Å². The zero-order valence-electron chi connectivity index (χ0n) is 12.4. The van der Waals surface area contributed by atoms with Crippen LogP contribution in [-0.4, -0.2) is 30.3 Å². The lowest BCUT2D eigenvalue weighted by Crippen LogP contribution is -2.29. The maximum absolute atomic E-state index is 12.0. The number of methoxy groups -OCH3 is 1. The molecule has 0 radical (unpaired) electrons. The number of nitrogens with one attached hydrogen (secondary N) is 1. The Labute approximate surface area is 120 Å². The highest BCUT2D eigenvalue weighted by Gasteiger charge is 2.21. The van der Waals surface area contributed by atoms with Crippen molar-refractivity contribution < 1.29 is 14.6 Å². The highest BCUT2D eigenvalue weighted by Crippen LogP contribution is 2.17. The van der Waals surface area contributed by atoms with Crippen molar-refractivity contribution >= 4 is 11.6 Å². The van der Waals surface area contributed by atoms with Gasteiger partial charge < -0.3 is 15.2 Å². The summed E-state index contributed by atoms with van der Waals surface area (Å²) in [6.07, 6.45) is 0.273. The molecule has 108 valence electrons. The summed E-state index contributed by atoms with van der Waals surface area (Å²) < 4.78 is 5.24. The molecule has 4 heteroatoms. The van der Waals surface area contributed by atoms with Crippen LogP contribution in [0.3, 0.4) is 0 Å². The zero-order valence-corrected chi connectivity index (χ0v) is 12.4. The lowest BCUT2D eigenvalue weighted by Gasteiger charge is -2.22. The number of anilines is 1. The SMILES string of the molecule is COC(C)(C)CC(=O)Nc1cc(C)cc(C#CCO)c1. The molecule has 1 aromatic carbocycles. The number of amides is 1. The quantitative estimate of drug-likeness (QED) is 0.827. The average molecular weight is 275 g/mol. The van der Waals surface area contributed by atoms with Gasteiger partial charge in [-0.15, -0.1) is 0 Å². The summed E-state index contributed by atoms with van der Waals surface area (Å²) in [5.74, 6) is 5.32. The van der Waals surface area contributed by atoms with Gasteiger partial charge in [-0.25, -0.2) is 0 Å². The molecule has 0 saturated carbocycles. The molecule has 0 atom stereocenters. The van der Waals surface area contributed by atoms with E-state index in [-0.39, 0.29) is 18.9 Å². The molecular formula is C16H21NO3. The highest BCUT2D eigenvalue weighted by atomic mass is 16.5. The zero-order chi connectivity index (χ0) is 15.2. The molecule has 1 aromatic rings. The summed E-state index contributed by atoms with van der Waals surface area (Å²) in [4.78, 5) is 12.0. The minimum absolute atomic E-state index is 0.108. The molecule has 2 N–H and O–H groups in total. The van der Waals surface area contributed by atoms with Gasteiger partial charge in [-0.1, -0.05) is 11.8 Å². The van der Waals surface area contributed by atoms with Gasteiger partial charge in [-0.2, -0.15) is 0 Å². The van der Waals surface area contributed by atoms with Crippen LogP contribution >= 0.6 is 0 Å². The second-order valence-corrected chi connectivity index (χ2v) is 5.24. The van der Waals surface area contributed by atoms with Crippen molar-refractivity contribution in [2.75, 3.05) is 19.0 Å². The lowest BCUT2D eigenvalue weighted by molar-refractivity contribution is -0.121. The van der Waals surface area contributed by atoms with E-state index in [2.05, 4.69) is 17.2 Å². The Balaban J connectivity index is 2.82. The van der Waals surface area contributed by atoms with Gasteiger partial charge in [-0.05, 0) is 44.5 Å². The van der Waals surface area contributed by atoms with Crippen LogP contribution in [0.4, 0.5) is 5.69 Å². The van der Waals surface area contributed by atoms with Crippen LogP contribution in [0.5, 0.6) is 0 Å². The number of aliphatic hydroxyl groups is 1. The first-order valence-electron chi connectivity index (χ1n) is 6.43. The van der Waals surface area contributed by atoms with Crippen molar-refractivity contribution in [1.29, 1.82) is 0 Å². The average Bonchev–Trinajstić information content (AvgIpc) is 2.34. The van der Waals surface area contributed by atoms with E-state index < -0.39 is 5.60 Å². The summed E-state index contributed by atoms with van der Waals surface area (Å²) >= 11 is 0. The van der Waals surface area contributed by atoms with Crippen molar-refractivity contribution in [2.45, 2.75) is 32.8 Å². The summed E-state index contributed by atoms with van der Waals surface area (Å²) in [7, 11) is 1.59. The molecule has 0 aromatic heterocycles. The Hall–Kier alpha value is -1.83. The van der Waals surface area contributed by atoms with E-state index in [1.165, 1.54) is 0 Å². The van der Waals surface area contributed by atoms with Crippen molar-refractivity contribution in [3.63, 3.8) is 0 Å². The molecule has 1 amide bonds. The van der Waals surface area contributed by atoms with Crippen LogP contribution in [0.15, 0.2) is 18.2 Å². The third kappa shape index (κ3) is 5.43. The second-order valence-electron chi connectivity index (χ2n) is 5.24. The molecule has 0 aliphatic heterocycles. The smallest absolute Gasteiger partial charge is 0.227 e. The Morgan fingerprint density at radius 3 is 2.70 bits per heavy atom. The van der Waals surface area contributed by atoms with Crippen LogP contribution in [0.25, 0.3) is 0 Å². The van der Waals surface area contributed by atoms with Crippen LogP contribution in [0.2, 0.25) is 0 Å². The summed E-state index contributed by atoms with van der Waals surface area (Å²) in [6.45, 7) is 5.47. The van der Waals surface area contributed by atoms with Gasteiger partial charge in [0.15, 0.2) is 0 Å². The number of aliphatic hydroxyl groups excluding tert-OH is 1. The first-order chi connectivity index (χ1) is 9.36. The standard InChI is InChI=1S/C16H21NO3/c1-12-8-13(6-5-7-18)10-14(9-12)17-15(19)11-16(2,3)20-4/h8-10,18H,7,11H2,1-4H3,(H,17,19). The van der Waals surface area contributed by atoms with E-state index in [4.69, 9.17) is 9.84 Å². The number of ether oxygens (including phenoxy) is 1. The van der Waals surface area contributed by atoms with Crippen LogP contribution in [0, 0.1) is 18.8 Å². The fourth-order valence-corrected chi connectivity index (χ4v) is 1.73. The van der Waals surface area contributed by atoms with Crippen molar-refractivity contribution in [1.82, 2.24) is 0 Å². The van der Waals surface area contributed by atoms with Crippen LogP contribution in [-0.2, 0) is 9.53 Å². The number of hydrogen-bond acceptors (Lipinski definition) is 3. The van der Waals surface area contributed by atoms with E-state index in [1.54, 1.807) is 13.2 Å². The second kappa shape index (κ2) is 7.09. The van der Waals surface area contributed by atoms with Gasteiger partial charge in [0.25, 0.3) is 0 Å². The molecule has 1 rings (SSSR count). The Morgan fingerprint density at radius 1 is 1.40 bits per heavy atom. The van der Waals surface area contributed by atoms with Crippen LogP contribution < -0.4 is 5.32 Å². The van der Waals surface area contributed by atoms with Gasteiger partial charge in [0, 0.05) is 18.4 Å². The van der Waals surface area contributed by atoms with Gasteiger partial charge in [0.2, 0.25) is 5.91 Å². The number of hydrogen-bond donors (Lipinski definition) is 2. The molecule has 0 saturated heterocycles. The maximum Gasteiger partial charge on any atom is 0.227 e.